The molecule has 2 N–H and O–H groups in total. The van der Waals surface area contributed by atoms with E-state index in [0.29, 0.717) is 22.9 Å². The molecule has 0 aliphatic carbocycles. The number of aromatic nitrogens is 3. The number of benzene rings is 1. The number of carboxylic acid groups (broad SMARTS) is 1. The highest BCUT2D eigenvalue weighted by Crippen LogP contribution is 2.34. The maximum Gasteiger partial charge on any atom is 0.347 e. The molecule has 0 bridgehead atoms. The highest BCUT2D eigenvalue weighted by molar-refractivity contribution is 7.17. The molecule has 8 heteroatoms. The predicted molar refractivity (Wildman–Crippen MR) is 112 cm³/mol. The number of hydrogen-bond acceptors (Lipinski definition) is 5. The van der Waals surface area contributed by atoms with E-state index in [4.69, 9.17) is 16.7 Å². The van der Waals surface area contributed by atoms with Crippen molar-refractivity contribution in [2.45, 2.75) is 13.5 Å². The Morgan fingerprint density at radius 3 is 2.86 bits per heavy atom. The second-order valence-corrected chi connectivity index (χ2v) is 7.76. The predicted octanol–water partition coefficient (Wildman–Crippen LogP) is 4.93. The third-order valence-corrected chi connectivity index (χ3v) is 6.02. The molecule has 4 aromatic rings. The fraction of sp³-hybridized carbons (Fsp3) is 0.150. The van der Waals surface area contributed by atoms with Crippen molar-refractivity contribution in [3.63, 3.8) is 0 Å². The molecule has 0 saturated heterocycles. The van der Waals surface area contributed by atoms with Gasteiger partial charge in [0.05, 0.1) is 15.6 Å². The minimum Gasteiger partial charge on any atom is -0.477 e. The first-order valence-electron chi connectivity index (χ1n) is 8.66. The normalized spacial score (nSPS) is 11.1. The molecule has 0 fully saturated rings. The van der Waals surface area contributed by atoms with Crippen molar-refractivity contribution in [2.75, 3.05) is 11.9 Å². The lowest BCUT2D eigenvalue weighted by Gasteiger charge is -2.10. The number of halogens is 1. The second-order valence-electron chi connectivity index (χ2n) is 6.30. The van der Waals surface area contributed by atoms with Crippen LogP contribution < -0.4 is 5.32 Å². The van der Waals surface area contributed by atoms with Gasteiger partial charge in [-0.15, -0.1) is 11.3 Å². The van der Waals surface area contributed by atoms with E-state index in [1.165, 1.54) is 22.9 Å². The van der Waals surface area contributed by atoms with Gasteiger partial charge in [0, 0.05) is 30.4 Å². The molecule has 0 saturated carbocycles. The van der Waals surface area contributed by atoms with Crippen molar-refractivity contribution in [1.82, 2.24) is 14.5 Å². The summed E-state index contributed by atoms with van der Waals surface area (Å²) in [7, 11) is 0. The van der Waals surface area contributed by atoms with Crippen molar-refractivity contribution in [3.05, 3.63) is 64.4 Å². The average molecular weight is 413 g/mol. The van der Waals surface area contributed by atoms with E-state index >= 15 is 0 Å². The molecule has 3 aromatic heterocycles. The van der Waals surface area contributed by atoms with Crippen molar-refractivity contribution in [3.8, 4) is 10.6 Å². The summed E-state index contributed by atoms with van der Waals surface area (Å²) in [6.45, 7) is 3.59. The molecule has 4 rings (SSSR count). The summed E-state index contributed by atoms with van der Waals surface area (Å²) < 4.78 is 2.27. The number of nitrogens with zero attached hydrogens (tertiary/aromatic N) is 3. The monoisotopic (exact) mass is 412 g/mol. The van der Waals surface area contributed by atoms with Crippen LogP contribution >= 0.6 is 22.9 Å². The van der Waals surface area contributed by atoms with Gasteiger partial charge in [-0.25, -0.2) is 14.8 Å². The molecule has 0 atom stereocenters. The first-order chi connectivity index (χ1) is 13.5. The quantitative estimate of drug-likeness (QED) is 0.469. The zero-order chi connectivity index (χ0) is 19.7. The summed E-state index contributed by atoms with van der Waals surface area (Å²) in [6, 6.07) is 13.9. The Balaban J connectivity index is 1.49. The molecule has 1 aromatic carbocycles. The first-order valence-corrected chi connectivity index (χ1v) is 9.86. The highest BCUT2D eigenvalue weighted by atomic mass is 35.5. The number of fused-ring (bicyclic) bond motifs is 1. The maximum absolute atomic E-state index is 11.2. The number of aryl methyl sites for hydroxylation is 1. The maximum atomic E-state index is 11.2. The van der Waals surface area contributed by atoms with Gasteiger partial charge in [-0.2, -0.15) is 0 Å². The first kappa shape index (κ1) is 18.5. The molecule has 0 amide bonds. The van der Waals surface area contributed by atoms with E-state index < -0.39 is 5.97 Å². The fourth-order valence-electron chi connectivity index (χ4n) is 3.17. The fourth-order valence-corrected chi connectivity index (χ4v) is 4.40. The zero-order valence-electron chi connectivity index (χ0n) is 15.0. The summed E-state index contributed by atoms with van der Waals surface area (Å²) in [4.78, 5) is 20.5. The molecular weight excluding hydrogens is 396 g/mol. The van der Waals surface area contributed by atoms with Crippen LogP contribution in [-0.2, 0) is 6.54 Å². The van der Waals surface area contributed by atoms with Crippen molar-refractivity contribution >= 4 is 45.6 Å². The van der Waals surface area contributed by atoms with Crippen LogP contribution in [0.15, 0.2) is 48.8 Å². The van der Waals surface area contributed by atoms with Crippen LogP contribution in [0.25, 0.3) is 21.5 Å². The third-order valence-electron chi connectivity index (χ3n) is 4.46. The van der Waals surface area contributed by atoms with Crippen LogP contribution in [0.1, 0.15) is 15.4 Å². The summed E-state index contributed by atoms with van der Waals surface area (Å²) in [6.07, 6.45) is 1.46. The second kappa shape index (κ2) is 7.61. The molecule has 6 nitrogen and oxygen atoms in total. The number of aromatic carboxylic acids is 1. The SMILES string of the molecule is Cc1cc2ccccc2n1CCNc1cc(-c2cc(Cl)c(C(=O)O)s2)ncn1. The Hall–Kier alpha value is -2.90. The lowest BCUT2D eigenvalue weighted by molar-refractivity contribution is 0.0702. The number of carbonyl (C=O) groups is 1. The molecule has 0 aliphatic heterocycles. The van der Waals surface area contributed by atoms with Gasteiger partial charge in [0.25, 0.3) is 0 Å². The number of carboxylic acids is 1. The van der Waals surface area contributed by atoms with Gasteiger partial charge in [-0.1, -0.05) is 29.8 Å². The van der Waals surface area contributed by atoms with Gasteiger partial charge in [0.15, 0.2) is 0 Å². The van der Waals surface area contributed by atoms with Gasteiger partial charge < -0.3 is 15.0 Å². The van der Waals surface area contributed by atoms with Crippen molar-refractivity contribution in [1.29, 1.82) is 0 Å². The third kappa shape index (κ3) is 3.58. The number of rotatable bonds is 6. The van der Waals surface area contributed by atoms with Crippen LogP contribution in [0.5, 0.6) is 0 Å². The van der Waals surface area contributed by atoms with Crippen LogP contribution in [0.2, 0.25) is 5.02 Å². The molecule has 0 unspecified atom stereocenters. The number of para-hydroxylation sites is 1. The topological polar surface area (TPSA) is 80.0 Å². The number of thiophene rings is 1. The zero-order valence-corrected chi connectivity index (χ0v) is 16.6. The summed E-state index contributed by atoms with van der Waals surface area (Å²) in [5.74, 6) is -0.358. The Morgan fingerprint density at radius 2 is 2.07 bits per heavy atom. The molecule has 0 spiro atoms. The Labute approximate surface area is 170 Å². The van der Waals surface area contributed by atoms with Crippen LogP contribution in [0, 0.1) is 6.92 Å². The summed E-state index contributed by atoms with van der Waals surface area (Å²) in [5, 5.41) is 13.9. The van der Waals surface area contributed by atoms with Crippen molar-refractivity contribution in [2.24, 2.45) is 0 Å². The smallest absolute Gasteiger partial charge is 0.347 e. The van der Waals surface area contributed by atoms with E-state index in [0.717, 1.165) is 17.9 Å². The van der Waals surface area contributed by atoms with Gasteiger partial charge in [-0.05, 0) is 30.5 Å². The van der Waals surface area contributed by atoms with Crippen LogP contribution in [-0.4, -0.2) is 32.2 Å². The van der Waals surface area contributed by atoms with E-state index in [1.54, 1.807) is 12.1 Å². The highest BCUT2D eigenvalue weighted by Gasteiger charge is 2.16. The number of nitrogens with one attached hydrogen (secondary N) is 1. The molecular formula is C20H17ClN4O2S. The Morgan fingerprint density at radius 1 is 1.25 bits per heavy atom. The van der Waals surface area contributed by atoms with E-state index in [1.807, 2.05) is 12.1 Å². The lowest BCUT2D eigenvalue weighted by Crippen LogP contribution is -2.12. The van der Waals surface area contributed by atoms with Gasteiger partial charge in [-0.3, -0.25) is 0 Å². The summed E-state index contributed by atoms with van der Waals surface area (Å²) in [5.41, 5.74) is 3.06. The van der Waals surface area contributed by atoms with Gasteiger partial charge >= 0.3 is 5.97 Å². The number of hydrogen-bond donors (Lipinski definition) is 2. The van der Waals surface area contributed by atoms with Gasteiger partial charge in [0.2, 0.25) is 0 Å². The molecule has 142 valence electrons. The van der Waals surface area contributed by atoms with Gasteiger partial charge in [0.1, 0.15) is 17.0 Å². The average Bonchev–Trinajstić information content (AvgIpc) is 3.22. The summed E-state index contributed by atoms with van der Waals surface area (Å²) >= 11 is 7.10. The van der Waals surface area contributed by atoms with E-state index in [2.05, 4.69) is 45.0 Å². The standard InChI is InChI=1S/C20H17ClN4O2S/c1-12-8-13-4-2-3-5-16(13)25(12)7-6-22-18-10-15(23-11-24-18)17-9-14(21)19(28-17)20(26)27/h2-5,8-11H,6-7H2,1H3,(H,26,27)(H,22,23,24). The lowest BCUT2D eigenvalue weighted by atomic mass is 10.2. The van der Waals surface area contributed by atoms with E-state index in [-0.39, 0.29) is 9.90 Å². The van der Waals surface area contributed by atoms with Crippen LogP contribution in [0.4, 0.5) is 5.82 Å². The van der Waals surface area contributed by atoms with Crippen LogP contribution in [0.3, 0.4) is 0 Å². The minimum atomic E-state index is -1.04. The Bertz CT molecular complexity index is 1170. The molecule has 0 radical (unpaired) electrons. The largest absolute Gasteiger partial charge is 0.477 e. The minimum absolute atomic E-state index is 0.111. The molecule has 0 aliphatic rings. The number of anilines is 1. The molecule has 3 heterocycles. The van der Waals surface area contributed by atoms with Crippen molar-refractivity contribution < 1.29 is 9.90 Å². The Kier molecular flexibility index (Phi) is 5.02. The van der Waals surface area contributed by atoms with E-state index in [9.17, 15) is 4.79 Å². The molecule has 28 heavy (non-hydrogen) atoms.